The molecule has 0 aromatic heterocycles. The van der Waals surface area contributed by atoms with Crippen LogP contribution in [0.5, 0.6) is 17.2 Å². The maximum absolute atomic E-state index is 11.3. The Kier molecular flexibility index (Phi) is 7.86. The van der Waals surface area contributed by atoms with Gasteiger partial charge >= 0.3 is 0 Å². The molecule has 5 aromatic rings. The van der Waals surface area contributed by atoms with Crippen molar-refractivity contribution in [3.8, 4) is 17.2 Å². The van der Waals surface area contributed by atoms with Gasteiger partial charge in [-0.2, -0.15) is 0 Å². The molecule has 0 atom stereocenters. The second kappa shape index (κ2) is 12.0. The van der Waals surface area contributed by atoms with Crippen molar-refractivity contribution in [2.24, 2.45) is 0 Å². The molecule has 0 fully saturated rings. The predicted molar refractivity (Wildman–Crippen MR) is 154 cm³/mol. The minimum atomic E-state index is 0.207. The van der Waals surface area contributed by atoms with Gasteiger partial charge in [-0.3, -0.25) is 0 Å². The highest BCUT2D eigenvalue weighted by molar-refractivity contribution is 5.75. The van der Waals surface area contributed by atoms with Crippen molar-refractivity contribution in [1.82, 2.24) is 0 Å². The molecule has 0 aliphatic heterocycles. The summed E-state index contributed by atoms with van der Waals surface area (Å²) >= 11 is 0. The van der Waals surface area contributed by atoms with E-state index in [0.29, 0.717) is 25.2 Å². The fraction of sp³-hybridized carbons (Fsp3) is 0.0857. The molecule has 0 bridgehead atoms. The predicted octanol–water partition coefficient (Wildman–Crippen LogP) is 8.03. The average molecular weight is 499 g/mol. The van der Waals surface area contributed by atoms with Crippen LogP contribution in [0.2, 0.25) is 0 Å². The lowest BCUT2D eigenvalue weighted by atomic mass is 9.92. The fourth-order valence-corrected chi connectivity index (χ4v) is 4.53. The molecule has 0 saturated heterocycles. The molecule has 5 aromatic carbocycles. The molecule has 188 valence electrons. The highest BCUT2D eigenvalue weighted by Gasteiger charge is 2.20. The number of phenols is 2. The van der Waals surface area contributed by atoms with E-state index in [1.807, 2.05) is 97.1 Å². The lowest BCUT2D eigenvalue weighted by Crippen LogP contribution is -2.06. The van der Waals surface area contributed by atoms with E-state index >= 15 is 0 Å². The summed E-state index contributed by atoms with van der Waals surface area (Å²) < 4.78 is 6.56. The van der Waals surface area contributed by atoms with Crippen LogP contribution in [0.25, 0.3) is 12.2 Å². The highest BCUT2D eigenvalue weighted by Crippen LogP contribution is 2.39. The zero-order valence-electron chi connectivity index (χ0n) is 21.1. The number of phenolic OH excluding ortho intramolecular Hbond substituents is 2. The Balaban J connectivity index is 1.62. The quantitative estimate of drug-likeness (QED) is 0.202. The van der Waals surface area contributed by atoms with Gasteiger partial charge in [0.05, 0.1) is 0 Å². The summed E-state index contributed by atoms with van der Waals surface area (Å²) in [5.41, 5.74) is 6.96. The van der Waals surface area contributed by atoms with Gasteiger partial charge in [-0.1, -0.05) is 115 Å². The van der Waals surface area contributed by atoms with Crippen molar-refractivity contribution in [2.45, 2.75) is 19.4 Å². The van der Waals surface area contributed by atoms with Gasteiger partial charge in [0.15, 0.2) is 0 Å². The van der Waals surface area contributed by atoms with Crippen LogP contribution in [0, 0.1) is 0 Å². The third kappa shape index (κ3) is 6.32. The van der Waals surface area contributed by atoms with E-state index < -0.39 is 0 Å². The number of aromatic hydroxyl groups is 2. The zero-order valence-corrected chi connectivity index (χ0v) is 21.1. The highest BCUT2D eigenvalue weighted by atomic mass is 16.5. The van der Waals surface area contributed by atoms with Crippen molar-refractivity contribution in [2.75, 3.05) is 0 Å². The Morgan fingerprint density at radius 3 is 1.66 bits per heavy atom. The first-order valence-corrected chi connectivity index (χ1v) is 12.7. The van der Waals surface area contributed by atoms with E-state index in [4.69, 9.17) is 4.74 Å². The summed E-state index contributed by atoms with van der Waals surface area (Å²) in [6.07, 6.45) is 5.20. The van der Waals surface area contributed by atoms with E-state index in [0.717, 1.165) is 38.9 Å². The maximum atomic E-state index is 11.3. The van der Waals surface area contributed by atoms with Gasteiger partial charge in [0.2, 0.25) is 0 Å². The maximum Gasteiger partial charge on any atom is 0.131 e. The minimum absolute atomic E-state index is 0.207. The first-order chi connectivity index (χ1) is 18.7. The van der Waals surface area contributed by atoms with E-state index in [9.17, 15) is 10.2 Å². The number of hydrogen-bond acceptors (Lipinski definition) is 3. The molecule has 0 unspecified atom stereocenters. The van der Waals surface area contributed by atoms with Gasteiger partial charge in [-0.25, -0.2) is 0 Å². The van der Waals surface area contributed by atoms with Gasteiger partial charge in [-0.15, -0.1) is 0 Å². The Bertz CT molecular complexity index is 1490. The van der Waals surface area contributed by atoms with Crippen LogP contribution in [0.15, 0.2) is 121 Å². The third-order valence-corrected chi connectivity index (χ3v) is 6.52. The smallest absolute Gasteiger partial charge is 0.131 e. The fourth-order valence-electron chi connectivity index (χ4n) is 4.53. The van der Waals surface area contributed by atoms with Crippen molar-refractivity contribution < 1.29 is 14.9 Å². The second-order valence-electron chi connectivity index (χ2n) is 9.30. The van der Waals surface area contributed by atoms with Crippen LogP contribution in [0.4, 0.5) is 0 Å². The van der Waals surface area contributed by atoms with E-state index in [1.54, 1.807) is 12.1 Å². The normalized spacial score (nSPS) is 11.1. The van der Waals surface area contributed by atoms with Crippen molar-refractivity contribution in [3.63, 3.8) is 0 Å². The summed E-state index contributed by atoms with van der Waals surface area (Å²) in [6, 6.07) is 39.4. The molecule has 38 heavy (non-hydrogen) atoms. The molecule has 3 nitrogen and oxygen atoms in total. The topological polar surface area (TPSA) is 49.7 Å². The molecule has 0 spiro atoms. The van der Waals surface area contributed by atoms with Gasteiger partial charge in [0, 0.05) is 24.0 Å². The molecule has 0 saturated carbocycles. The monoisotopic (exact) mass is 498 g/mol. The van der Waals surface area contributed by atoms with Crippen LogP contribution in [-0.2, 0) is 19.4 Å². The van der Waals surface area contributed by atoms with Gasteiger partial charge in [0.25, 0.3) is 0 Å². The first-order valence-electron chi connectivity index (χ1n) is 12.7. The number of ether oxygens (including phenoxy) is 1. The standard InChI is InChI=1S/C35H30O3/c36-31-20-17-26(18-21-31)16-19-30-24-34(37)33(23-28-12-6-2-7-13-28)35(38-25-29-14-8-3-9-15-29)32(30)22-27-10-4-1-5-11-27/h1-21,24,36-37H,22-23,25H2/b19-16+. The van der Waals surface area contributed by atoms with Crippen LogP contribution in [0.1, 0.15) is 38.9 Å². The minimum Gasteiger partial charge on any atom is -0.508 e. The van der Waals surface area contributed by atoms with E-state index in [-0.39, 0.29) is 11.5 Å². The number of hydrogen-bond donors (Lipinski definition) is 2. The second-order valence-corrected chi connectivity index (χ2v) is 9.30. The van der Waals surface area contributed by atoms with E-state index in [2.05, 4.69) is 24.3 Å². The Morgan fingerprint density at radius 1 is 0.553 bits per heavy atom. The van der Waals surface area contributed by atoms with Crippen LogP contribution >= 0.6 is 0 Å². The van der Waals surface area contributed by atoms with E-state index in [1.165, 1.54) is 0 Å². The number of benzene rings is 5. The van der Waals surface area contributed by atoms with Crippen molar-refractivity contribution in [3.05, 3.63) is 160 Å². The molecular weight excluding hydrogens is 468 g/mol. The summed E-state index contributed by atoms with van der Waals surface area (Å²) in [4.78, 5) is 0. The summed E-state index contributed by atoms with van der Waals surface area (Å²) in [6.45, 7) is 0.398. The lowest BCUT2D eigenvalue weighted by molar-refractivity contribution is 0.298. The third-order valence-electron chi connectivity index (χ3n) is 6.52. The Labute approximate surface area is 223 Å². The molecule has 0 aliphatic carbocycles. The molecule has 5 rings (SSSR count). The van der Waals surface area contributed by atoms with Crippen molar-refractivity contribution in [1.29, 1.82) is 0 Å². The molecule has 0 radical (unpaired) electrons. The first kappa shape index (κ1) is 24.9. The van der Waals surface area contributed by atoms with Gasteiger partial charge < -0.3 is 14.9 Å². The molecule has 0 heterocycles. The largest absolute Gasteiger partial charge is 0.508 e. The Hall–Kier alpha value is -4.76. The van der Waals surface area contributed by atoms with Crippen LogP contribution in [0.3, 0.4) is 0 Å². The molecule has 3 heteroatoms. The summed E-state index contributed by atoms with van der Waals surface area (Å²) in [5, 5.41) is 21.0. The molecule has 0 amide bonds. The number of rotatable bonds is 9. The van der Waals surface area contributed by atoms with Crippen LogP contribution < -0.4 is 4.74 Å². The van der Waals surface area contributed by atoms with Gasteiger partial charge in [-0.05, 0) is 46.0 Å². The van der Waals surface area contributed by atoms with Crippen LogP contribution in [-0.4, -0.2) is 10.2 Å². The lowest BCUT2D eigenvalue weighted by Gasteiger charge is -2.20. The molecule has 0 aliphatic rings. The molecule has 2 N–H and O–H groups in total. The summed E-state index contributed by atoms with van der Waals surface area (Å²) in [5.74, 6) is 1.15. The van der Waals surface area contributed by atoms with Crippen molar-refractivity contribution >= 4 is 12.2 Å². The SMILES string of the molecule is Oc1ccc(/C=C/c2cc(O)c(Cc3ccccc3)c(OCc3ccccc3)c2Cc2ccccc2)cc1. The Morgan fingerprint density at radius 2 is 1.08 bits per heavy atom. The van der Waals surface area contributed by atoms with Gasteiger partial charge in [0.1, 0.15) is 23.9 Å². The zero-order chi connectivity index (χ0) is 26.2. The summed E-state index contributed by atoms with van der Waals surface area (Å²) in [7, 11) is 0. The molecular formula is C35H30O3. The average Bonchev–Trinajstić information content (AvgIpc) is 2.96.